The topological polar surface area (TPSA) is 126 Å². The maximum absolute atomic E-state index is 14.3. The average Bonchev–Trinajstić information content (AvgIpc) is 2.99. The number of cyclic esters (lactones) is 1. The summed E-state index contributed by atoms with van der Waals surface area (Å²) in [6.07, 6.45) is 7.84. The Labute approximate surface area is 306 Å². The zero-order valence-electron chi connectivity index (χ0n) is 32.2. The van der Waals surface area contributed by atoms with Crippen LogP contribution in [0.25, 0.3) is 0 Å². The maximum atomic E-state index is 14.3. The van der Waals surface area contributed by atoms with Gasteiger partial charge in [0.1, 0.15) is 30.2 Å². The van der Waals surface area contributed by atoms with Gasteiger partial charge in [0, 0.05) is 12.3 Å². The first-order valence-electron chi connectivity index (χ1n) is 18.5. The number of fused-ring (bicyclic) bond motifs is 1. The molecule has 1 aromatic carbocycles. The minimum atomic E-state index is -3.98. The normalized spacial score (nSPS) is 28.5. The lowest BCUT2D eigenvalue weighted by atomic mass is 9.65. The summed E-state index contributed by atoms with van der Waals surface area (Å²) in [4.78, 5) is 39.1. The number of hydrogen-bond donors (Lipinski definition) is 1. The van der Waals surface area contributed by atoms with Gasteiger partial charge in [0.2, 0.25) is 0 Å². The molecule has 1 aliphatic heterocycles. The quantitative estimate of drug-likeness (QED) is 0.0859. The summed E-state index contributed by atoms with van der Waals surface area (Å²) in [6.45, 7) is 20.3. The molecule has 12 heteroatoms. The molecular weight excluding hydrogens is 685 g/mol. The summed E-state index contributed by atoms with van der Waals surface area (Å²) < 4.78 is 44.2. The van der Waals surface area contributed by atoms with Crippen LogP contribution in [0, 0.1) is 23.7 Å². The maximum Gasteiger partial charge on any atom is 0.328 e. The fraction of sp³-hybridized carbons (Fsp3) is 0.667. The van der Waals surface area contributed by atoms with Gasteiger partial charge in [0.15, 0.2) is 8.32 Å². The van der Waals surface area contributed by atoms with Crippen molar-refractivity contribution in [2.24, 2.45) is 23.7 Å². The van der Waals surface area contributed by atoms with Crippen molar-refractivity contribution >= 4 is 33.7 Å². The number of para-hydroxylation sites is 1. The molecule has 0 bridgehead atoms. The summed E-state index contributed by atoms with van der Waals surface area (Å²) >= 11 is 0. The van der Waals surface area contributed by atoms with Crippen LogP contribution in [0.5, 0.6) is 5.75 Å². The molecule has 3 aliphatic rings. The van der Waals surface area contributed by atoms with E-state index < -0.39 is 46.1 Å². The number of hydrogen-bond acceptors (Lipinski definition) is 9. The van der Waals surface area contributed by atoms with Gasteiger partial charge >= 0.3 is 25.4 Å². The molecule has 2 aliphatic carbocycles. The Balaban J connectivity index is 1.49. The van der Waals surface area contributed by atoms with Crippen LogP contribution in [0.2, 0.25) is 18.1 Å². The first-order chi connectivity index (χ1) is 23.7. The molecule has 1 aromatic rings. The molecule has 0 spiro atoms. The van der Waals surface area contributed by atoms with Crippen molar-refractivity contribution < 1.29 is 42.1 Å². The summed E-state index contributed by atoms with van der Waals surface area (Å²) in [7, 11) is -6.04. The highest BCUT2D eigenvalue weighted by atomic mass is 31.2. The number of rotatable bonds is 14. The predicted octanol–water partition coefficient (Wildman–Crippen LogP) is 8.38. The molecule has 0 aromatic heterocycles. The smallest absolute Gasteiger partial charge is 0.328 e. The van der Waals surface area contributed by atoms with Crippen LogP contribution < -0.4 is 9.61 Å². The van der Waals surface area contributed by atoms with Crippen LogP contribution in [0.1, 0.15) is 87.5 Å². The SMILES string of the molecule is CC(C)OC(=O)[C@H](C)NP(=O)(CC(=O)O[C@H]1C[C@@H](C)C=C2C=C[C@H](C)[C@H](CC[C@@H]3C[C@@H](O[Si](C)(C)C(C)(C)C)CC(=O)O3)[C@H]21)Oc1ccccc1. The third-order valence-electron chi connectivity index (χ3n) is 10.6. The van der Waals surface area contributed by atoms with E-state index in [1.54, 1.807) is 44.2 Å². The second-order valence-corrected chi connectivity index (χ2v) is 23.4. The van der Waals surface area contributed by atoms with Crippen molar-refractivity contribution in [1.82, 2.24) is 5.09 Å². The Morgan fingerprint density at radius 2 is 1.75 bits per heavy atom. The van der Waals surface area contributed by atoms with Gasteiger partial charge in [-0.2, -0.15) is 0 Å². The van der Waals surface area contributed by atoms with Crippen molar-refractivity contribution in [3.8, 4) is 5.75 Å². The first-order valence-corrected chi connectivity index (χ1v) is 23.3. The van der Waals surface area contributed by atoms with Crippen molar-refractivity contribution in [2.75, 3.05) is 6.16 Å². The van der Waals surface area contributed by atoms with Gasteiger partial charge in [-0.3, -0.25) is 18.9 Å². The van der Waals surface area contributed by atoms with E-state index >= 15 is 0 Å². The zero-order valence-corrected chi connectivity index (χ0v) is 34.1. The molecular formula is C39H60NO9PSi. The Hall–Kier alpha value is -2.72. The molecule has 1 unspecified atom stereocenters. The number of allylic oxidation sites excluding steroid dienone is 3. The summed E-state index contributed by atoms with van der Waals surface area (Å²) in [6, 6.07) is 7.56. The van der Waals surface area contributed by atoms with Gasteiger partial charge in [-0.1, -0.05) is 71.0 Å². The molecule has 1 fully saturated rings. The van der Waals surface area contributed by atoms with E-state index in [0.717, 1.165) is 12.0 Å². The Bertz CT molecular complexity index is 1490. The van der Waals surface area contributed by atoms with Gasteiger partial charge in [-0.05, 0) is 93.6 Å². The monoisotopic (exact) mass is 745 g/mol. The molecule has 10 nitrogen and oxygen atoms in total. The van der Waals surface area contributed by atoms with E-state index in [0.29, 0.717) is 25.0 Å². The second-order valence-electron chi connectivity index (χ2n) is 16.5. The number of carbonyl (C=O) groups is 3. The molecule has 1 N–H and O–H groups in total. The van der Waals surface area contributed by atoms with Crippen LogP contribution in [-0.4, -0.2) is 62.8 Å². The fourth-order valence-electron chi connectivity index (χ4n) is 7.12. The summed E-state index contributed by atoms with van der Waals surface area (Å²) in [5.74, 6) is -0.772. The lowest BCUT2D eigenvalue weighted by molar-refractivity contribution is -0.160. The number of benzene rings is 1. The van der Waals surface area contributed by atoms with Gasteiger partial charge in [-0.25, -0.2) is 5.09 Å². The number of carbonyl (C=O) groups excluding carboxylic acids is 3. The zero-order chi connectivity index (χ0) is 37.7. The van der Waals surface area contributed by atoms with Gasteiger partial charge < -0.3 is 23.2 Å². The number of ether oxygens (including phenoxy) is 3. The predicted molar refractivity (Wildman–Crippen MR) is 201 cm³/mol. The highest BCUT2D eigenvalue weighted by Crippen LogP contribution is 2.47. The molecule has 9 atom stereocenters. The van der Waals surface area contributed by atoms with Crippen LogP contribution in [0.3, 0.4) is 0 Å². The van der Waals surface area contributed by atoms with Crippen molar-refractivity contribution in [2.45, 2.75) is 136 Å². The lowest BCUT2D eigenvalue weighted by Crippen LogP contribution is -2.47. The summed E-state index contributed by atoms with van der Waals surface area (Å²) in [5, 5.41) is 2.81. The molecule has 0 radical (unpaired) electrons. The molecule has 0 saturated carbocycles. The molecule has 1 heterocycles. The largest absolute Gasteiger partial charge is 0.462 e. The minimum Gasteiger partial charge on any atom is -0.462 e. The van der Waals surface area contributed by atoms with Gasteiger partial charge in [0.05, 0.1) is 18.6 Å². The molecule has 284 valence electrons. The minimum absolute atomic E-state index is 0.0380. The number of esters is 3. The van der Waals surface area contributed by atoms with Crippen molar-refractivity contribution in [3.63, 3.8) is 0 Å². The highest BCUT2D eigenvalue weighted by Gasteiger charge is 2.45. The first kappa shape index (κ1) is 41.0. The van der Waals surface area contributed by atoms with E-state index in [-0.39, 0.29) is 59.4 Å². The van der Waals surface area contributed by atoms with Gasteiger partial charge in [0.25, 0.3) is 0 Å². The standard InChI is InChI=1S/C39H60NO9PSi/c1-25(2)45-38(43)28(5)40-50(44,48-30-14-12-11-13-15-30)24-36(42)47-34-21-26(3)20-29-17-16-27(4)33(37(29)34)19-18-31-22-32(23-35(41)46-31)49-51(9,10)39(6,7)8/h11-17,20,25-28,31-34,37H,18-19,21-24H2,1-10H3,(H,40,44)/t26-,27-,28-,31+,32+,33-,34-,37-,50?/m0/s1. The second kappa shape index (κ2) is 17.0. The third kappa shape index (κ3) is 11.4. The van der Waals surface area contributed by atoms with E-state index in [4.69, 9.17) is 23.2 Å². The van der Waals surface area contributed by atoms with E-state index in [2.05, 4.69) is 71.0 Å². The molecule has 1 saturated heterocycles. The fourth-order valence-corrected chi connectivity index (χ4v) is 10.3. The van der Waals surface area contributed by atoms with Gasteiger partial charge in [-0.15, -0.1) is 0 Å². The Kier molecular flexibility index (Phi) is 13.6. The molecule has 4 rings (SSSR count). The van der Waals surface area contributed by atoms with Crippen molar-refractivity contribution in [1.29, 1.82) is 0 Å². The highest BCUT2D eigenvalue weighted by molar-refractivity contribution is 7.58. The van der Waals surface area contributed by atoms with Crippen LogP contribution in [0.15, 0.2) is 54.1 Å². The Morgan fingerprint density at radius 3 is 2.39 bits per heavy atom. The Morgan fingerprint density at radius 1 is 1.06 bits per heavy atom. The van der Waals surface area contributed by atoms with Crippen LogP contribution in [0.4, 0.5) is 0 Å². The molecule has 51 heavy (non-hydrogen) atoms. The third-order valence-corrected chi connectivity index (χ3v) is 17.1. The summed E-state index contributed by atoms with van der Waals surface area (Å²) in [5.41, 5.74) is 1.13. The lowest BCUT2D eigenvalue weighted by Gasteiger charge is -2.44. The van der Waals surface area contributed by atoms with Crippen LogP contribution in [-0.2, 0) is 37.6 Å². The van der Waals surface area contributed by atoms with Crippen LogP contribution >= 0.6 is 7.52 Å². The van der Waals surface area contributed by atoms with Crippen molar-refractivity contribution in [3.05, 3.63) is 54.1 Å². The molecule has 0 amide bonds. The average molecular weight is 746 g/mol. The van der Waals surface area contributed by atoms with E-state index in [1.165, 1.54) is 6.92 Å². The number of nitrogens with one attached hydrogen (secondary N) is 1. The van der Waals surface area contributed by atoms with E-state index in [1.807, 2.05) is 0 Å². The van der Waals surface area contributed by atoms with E-state index in [9.17, 15) is 18.9 Å².